The minimum absolute atomic E-state index is 0.0619. The van der Waals surface area contributed by atoms with Gasteiger partial charge in [-0.1, -0.05) is 17.1 Å². The molecule has 1 N–H and O–H groups in total. The fraction of sp³-hybridized carbons (Fsp3) is 0.200. The van der Waals surface area contributed by atoms with Gasteiger partial charge in [-0.3, -0.25) is 9.99 Å². The second-order valence-electron chi connectivity index (χ2n) is 7.67. The van der Waals surface area contributed by atoms with Gasteiger partial charge in [0.05, 0.1) is 6.54 Å². The Kier molecular flexibility index (Phi) is 8.52. The number of aliphatic hydroxyl groups is 1. The van der Waals surface area contributed by atoms with E-state index in [-0.39, 0.29) is 12.2 Å². The molecule has 0 spiro atoms. The van der Waals surface area contributed by atoms with Gasteiger partial charge in [0.2, 0.25) is 0 Å². The van der Waals surface area contributed by atoms with E-state index in [1.807, 2.05) is 0 Å². The standard InChI is InChI=1S/C25H20F5N5O2/c1-31-33-34-35(2)16-24(36,21-11-8-19(27)14-22(21)28)25(29,30)23-12-5-17(15-32-23)4-3-13-37-20-9-6-18(26)7-10-20/h5-12,14-15,36H,1,13,16H2,2H3/b34-33-. The van der Waals surface area contributed by atoms with E-state index >= 15 is 8.78 Å². The molecule has 1 atom stereocenters. The van der Waals surface area contributed by atoms with Crippen LogP contribution in [0.1, 0.15) is 16.8 Å². The van der Waals surface area contributed by atoms with Gasteiger partial charge in [0, 0.05) is 37.2 Å². The highest BCUT2D eigenvalue weighted by molar-refractivity contribution is 5.36. The summed E-state index contributed by atoms with van der Waals surface area (Å²) in [6.45, 7) is 2.04. The number of halogens is 5. The predicted molar refractivity (Wildman–Crippen MR) is 124 cm³/mol. The summed E-state index contributed by atoms with van der Waals surface area (Å²) in [6, 6.07) is 9.29. The Balaban J connectivity index is 1.86. The zero-order valence-corrected chi connectivity index (χ0v) is 19.4. The summed E-state index contributed by atoms with van der Waals surface area (Å²) in [5.41, 5.74) is -4.78. The smallest absolute Gasteiger partial charge is 0.323 e. The third kappa shape index (κ3) is 6.45. The van der Waals surface area contributed by atoms with E-state index in [2.05, 4.69) is 39.1 Å². The fourth-order valence-electron chi connectivity index (χ4n) is 3.29. The third-order valence-corrected chi connectivity index (χ3v) is 5.05. The van der Waals surface area contributed by atoms with Crippen molar-refractivity contribution in [3.05, 3.63) is 95.1 Å². The van der Waals surface area contributed by atoms with E-state index in [4.69, 9.17) is 4.74 Å². The number of likely N-dealkylation sites (N-methyl/N-ethyl adjacent to an activating group) is 1. The van der Waals surface area contributed by atoms with Crippen LogP contribution in [0.3, 0.4) is 0 Å². The first-order valence-corrected chi connectivity index (χ1v) is 10.5. The summed E-state index contributed by atoms with van der Waals surface area (Å²) in [7, 11) is 1.19. The number of hydrogen-bond acceptors (Lipinski definition) is 5. The molecular weight excluding hydrogens is 497 g/mol. The van der Waals surface area contributed by atoms with E-state index in [1.165, 1.54) is 37.4 Å². The van der Waals surface area contributed by atoms with Crippen LogP contribution in [-0.4, -0.2) is 42.0 Å². The van der Waals surface area contributed by atoms with Gasteiger partial charge in [0.15, 0.2) is 5.60 Å². The molecule has 7 nitrogen and oxygen atoms in total. The van der Waals surface area contributed by atoms with E-state index in [9.17, 15) is 18.3 Å². The SMILES string of the molecule is C=N/N=N\N(C)CC(O)(c1ccc(F)cc1F)C(F)(F)c1ccc(C#CCOc2ccc(F)cc2)cn1. The number of benzene rings is 2. The Morgan fingerprint density at radius 1 is 1.05 bits per heavy atom. The van der Waals surface area contributed by atoms with Crippen LogP contribution in [0.25, 0.3) is 0 Å². The van der Waals surface area contributed by atoms with Crippen molar-refractivity contribution < 1.29 is 31.8 Å². The molecule has 0 bridgehead atoms. The number of pyridine rings is 1. The Morgan fingerprint density at radius 3 is 2.38 bits per heavy atom. The fourth-order valence-corrected chi connectivity index (χ4v) is 3.29. The minimum atomic E-state index is -4.19. The Morgan fingerprint density at radius 2 is 1.76 bits per heavy atom. The Labute approximate surface area is 208 Å². The second-order valence-corrected chi connectivity index (χ2v) is 7.67. The van der Waals surface area contributed by atoms with Gasteiger partial charge in [-0.25, -0.2) is 13.2 Å². The highest BCUT2D eigenvalue weighted by Gasteiger charge is 2.58. The monoisotopic (exact) mass is 517 g/mol. The molecule has 37 heavy (non-hydrogen) atoms. The van der Waals surface area contributed by atoms with Crippen LogP contribution in [0.4, 0.5) is 22.0 Å². The zero-order chi connectivity index (χ0) is 27.1. The molecule has 0 aliphatic heterocycles. The van der Waals surface area contributed by atoms with Crippen molar-refractivity contribution in [2.75, 3.05) is 20.2 Å². The molecule has 0 saturated heterocycles. The maximum atomic E-state index is 15.7. The van der Waals surface area contributed by atoms with Gasteiger partial charge >= 0.3 is 5.92 Å². The molecule has 0 aliphatic rings. The lowest BCUT2D eigenvalue weighted by atomic mass is 9.84. The summed E-state index contributed by atoms with van der Waals surface area (Å²) < 4.78 is 77.7. The normalized spacial score (nSPS) is 12.9. The largest absolute Gasteiger partial charge is 0.481 e. The molecular formula is C25H20F5N5O2. The molecule has 3 rings (SSSR count). The van der Waals surface area contributed by atoms with Gasteiger partial charge in [-0.05, 0) is 53.8 Å². The first-order chi connectivity index (χ1) is 17.6. The van der Waals surface area contributed by atoms with Crippen LogP contribution in [0.2, 0.25) is 0 Å². The molecule has 2 aromatic carbocycles. The summed E-state index contributed by atoms with van der Waals surface area (Å²) in [5.74, 6) is -1.27. The van der Waals surface area contributed by atoms with Crippen molar-refractivity contribution in [2.24, 2.45) is 15.5 Å². The number of rotatable bonds is 9. The van der Waals surface area contributed by atoms with E-state index in [0.29, 0.717) is 11.8 Å². The maximum absolute atomic E-state index is 15.7. The van der Waals surface area contributed by atoms with E-state index in [0.717, 1.165) is 29.4 Å². The summed E-state index contributed by atoms with van der Waals surface area (Å²) in [6.07, 6.45) is 1.04. The lowest BCUT2D eigenvalue weighted by Gasteiger charge is -2.37. The molecule has 0 aliphatic carbocycles. The molecule has 192 valence electrons. The lowest BCUT2D eigenvalue weighted by Crippen LogP contribution is -2.50. The first kappa shape index (κ1) is 27.2. The molecule has 3 aromatic rings. The van der Waals surface area contributed by atoms with Crippen LogP contribution in [0.5, 0.6) is 5.75 Å². The van der Waals surface area contributed by atoms with Crippen molar-refractivity contribution >= 4 is 6.72 Å². The Bertz CT molecular complexity index is 1320. The molecule has 1 unspecified atom stereocenters. The Hall–Kier alpha value is -4.37. The van der Waals surface area contributed by atoms with E-state index < -0.39 is 46.8 Å². The van der Waals surface area contributed by atoms with Crippen molar-refractivity contribution in [3.63, 3.8) is 0 Å². The van der Waals surface area contributed by atoms with Gasteiger partial charge < -0.3 is 9.84 Å². The van der Waals surface area contributed by atoms with Crippen molar-refractivity contribution in [1.29, 1.82) is 0 Å². The molecule has 0 fully saturated rings. The summed E-state index contributed by atoms with van der Waals surface area (Å²) >= 11 is 0. The second kappa shape index (κ2) is 11.6. The van der Waals surface area contributed by atoms with Gasteiger partial charge in [-0.2, -0.15) is 8.78 Å². The van der Waals surface area contributed by atoms with Gasteiger partial charge in [0.1, 0.15) is 35.5 Å². The van der Waals surface area contributed by atoms with Crippen LogP contribution >= 0.6 is 0 Å². The first-order valence-electron chi connectivity index (χ1n) is 10.5. The highest BCUT2D eigenvalue weighted by Crippen LogP contribution is 2.46. The summed E-state index contributed by atoms with van der Waals surface area (Å²) in [5, 5.41) is 21.7. The third-order valence-electron chi connectivity index (χ3n) is 5.05. The molecule has 0 radical (unpaired) electrons. The number of hydrogen-bond donors (Lipinski definition) is 1. The quantitative estimate of drug-likeness (QED) is 0.145. The number of aromatic nitrogens is 1. The van der Waals surface area contributed by atoms with Crippen LogP contribution in [0.15, 0.2) is 76.3 Å². The average molecular weight is 517 g/mol. The maximum Gasteiger partial charge on any atom is 0.323 e. The molecule has 1 aromatic heterocycles. The number of ether oxygens (including phenoxy) is 1. The lowest BCUT2D eigenvalue weighted by molar-refractivity contribution is -0.207. The van der Waals surface area contributed by atoms with Gasteiger partial charge in [-0.15, -0.1) is 5.10 Å². The number of alkyl halides is 2. The highest BCUT2D eigenvalue weighted by atomic mass is 19.3. The van der Waals surface area contributed by atoms with Gasteiger partial charge in [0.25, 0.3) is 0 Å². The predicted octanol–water partition coefficient (Wildman–Crippen LogP) is 4.82. The average Bonchev–Trinajstić information content (AvgIpc) is 2.86. The van der Waals surface area contributed by atoms with Crippen LogP contribution in [0, 0.1) is 29.3 Å². The molecule has 12 heteroatoms. The van der Waals surface area contributed by atoms with Crippen molar-refractivity contribution in [1.82, 2.24) is 9.99 Å². The molecule has 0 saturated carbocycles. The molecule has 1 heterocycles. The van der Waals surface area contributed by atoms with Crippen LogP contribution < -0.4 is 4.74 Å². The van der Waals surface area contributed by atoms with Crippen molar-refractivity contribution in [2.45, 2.75) is 11.5 Å². The van der Waals surface area contributed by atoms with Crippen LogP contribution in [-0.2, 0) is 11.5 Å². The van der Waals surface area contributed by atoms with Crippen molar-refractivity contribution in [3.8, 4) is 17.6 Å². The number of nitrogens with zero attached hydrogens (tertiary/aromatic N) is 5. The van der Waals surface area contributed by atoms with E-state index in [1.54, 1.807) is 0 Å². The topological polar surface area (TPSA) is 82.7 Å². The zero-order valence-electron chi connectivity index (χ0n) is 19.4. The minimum Gasteiger partial charge on any atom is -0.481 e. The molecule has 0 amide bonds. The summed E-state index contributed by atoms with van der Waals surface area (Å²) in [4.78, 5) is 3.71.